The first kappa shape index (κ1) is 19.2. The van der Waals surface area contributed by atoms with E-state index in [-0.39, 0.29) is 23.0 Å². The number of dihydropyridines is 1. The van der Waals surface area contributed by atoms with Crippen molar-refractivity contribution in [3.63, 3.8) is 0 Å². The minimum Gasteiger partial charge on any atom is -0.373 e. The van der Waals surface area contributed by atoms with Crippen molar-refractivity contribution in [3.05, 3.63) is 42.1 Å². The fourth-order valence-corrected chi connectivity index (χ4v) is 2.24. The summed E-state index contributed by atoms with van der Waals surface area (Å²) in [5.41, 5.74) is 7.58. The molecule has 0 aromatic carbocycles. The van der Waals surface area contributed by atoms with Crippen LogP contribution >= 0.6 is 0 Å². The second-order valence-corrected chi connectivity index (χ2v) is 7.52. The third kappa shape index (κ3) is 5.44. The quantitative estimate of drug-likeness (QED) is 0.473. The van der Waals surface area contributed by atoms with Gasteiger partial charge in [0, 0.05) is 48.2 Å². The number of H-pyrrole nitrogens is 1. The molecule has 25 heavy (non-hydrogen) atoms. The second kappa shape index (κ2) is 7.84. The van der Waals surface area contributed by atoms with Crippen molar-refractivity contribution in [3.8, 4) is 0 Å². The predicted molar refractivity (Wildman–Crippen MR) is 99.8 cm³/mol. The molecule has 1 amide bonds. The first-order chi connectivity index (χ1) is 11.7. The monoisotopic (exact) mass is 346 g/mol. The van der Waals surface area contributed by atoms with Gasteiger partial charge < -0.3 is 26.7 Å². The van der Waals surface area contributed by atoms with Crippen molar-refractivity contribution in [2.75, 3.05) is 13.1 Å². The first-order valence-electron chi connectivity index (χ1n) is 8.62. The Labute approximate surface area is 149 Å². The SMILES string of the molecule is CC(C)(N)C(C)(C)NCC1=CC=CC(C(=O)NCCc2cnc[nH]2)N1. The van der Waals surface area contributed by atoms with Crippen LogP contribution in [-0.4, -0.2) is 46.1 Å². The zero-order chi connectivity index (χ0) is 18.5. The number of carbonyl (C=O) groups is 1. The Morgan fingerprint density at radius 1 is 1.36 bits per heavy atom. The van der Waals surface area contributed by atoms with Crippen LogP contribution in [0.25, 0.3) is 0 Å². The van der Waals surface area contributed by atoms with E-state index < -0.39 is 0 Å². The van der Waals surface area contributed by atoms with Crippen LogP contribution in [0.5, 0.6) is 0 Å². The van der Waals surface area contributed by atoms with Gasteiger partial charge in [-0.05, 0) is 33.8 Å². The van der Waals surface area contributed by atoms with E-state index in [0.29, 0.717) is 13.1 Å². The van der Waals surface area contributed by atoms with Crippen LogP contribution < -0.4 is 21.7 Å². The number of aromatic amines is 1. The van der Waals surface area contributed by atoms with Gasteiger partial charge in [-0.1, -0.05) is 12.2 Å². The van der Waals surface area contributed by atoms with E-state index in [2.05, 4.69) is 39.8 Å². The van der Waals surface area contributed by atoms with Gasteiger partial charge >= 0.3 is 0 Å². The van der Waals surface area contributed by atoms with Crippen LogP contribution in [0.15, 0.2) is 36.4 Å². The molecule has 2 rings (SSSR count). The van der Waals surface area contributed by atoms with E-state index in [1.807, 2.05) is 32.1 Å². The maximum absolute atomic E-state index is 12.3. The highest BCUT2D eigenvalue weighted by Crippen LogP contribution is 2.18. The lowest BCUT2D eigenvalue weighted by Gasteiger charge is -2.40. The van der Waals surface area contributed by atoms with E-state index >= 15 is 0 Å². The van der Waals surface area contributed by atoms with Crippen LogP contribution in [-0.2, 0) is 11.2 Å². The topological polar surface area (TPSA) is 108 Å². The van der Waals surface area contributed by atoms with Crippen molar-refractivity contribution in [1.82, 2.24) is 25.9 Å². The molecule has 7 nitrogen and oxygen atoms in total. The molecular formula is C18H30N6O. The Morgan fingerprint density at radius 2 is 2.12 bits per heavy atom. The summed E-state index contributed by atoms with van der Waals surface area (Å²) in [4.78, 5) is 19.3. The Morgan fingerprint density at radius 3 is 2.76 bits per heavy atom. The van der Waals surface area contributed by atoms with Gasteiger partial charge in [0.2, 0.25) is 5.91 Å². The summed E-state index contributed by atoms with van der Waals surface area (Å²) >= 11 is 0. The Bertz CT molecular complexity index is 624. The number of amides is 1. The zero-order valence-corrected chi connectivity index (χ0v) is 15.5. The van der Waals surface area contributed by atoms with Gasteiger partial charge in [0.25, 0.3) is 0 Å². The summed E-state index contributed by atoms with van der Waals surface area (Å²) in [6, 6.07) is -0.363. The predicted octanol–water partition coefficient (Wildman–Crippen LogP) is 0.586. The van der Waals surface area contributed by atoms with Crippen LogP contribution in [0.1, 0.15) is 33.4 Å². The van der Waals surface area contributed by atoms with Gasteiger partial charge in [-0.2, -0.15) is 0 Å². The minimum absolute atomic E-state index is 0.0419. The molecule has 0 bridgehead atoms. The third-order valence-electron chi connectivity index (χ3n) is 4.80. The number of nitrogens with one attached hydrogen (secondary N) is 4. The normalized spacial score (nSPS) is 17.8. The molecule has 0 aliphatic carbocycles. The minimum atomic E-state index is -0.363. The summed E-state index contributed by atoms with van der Waals surface area (Å²) in [5.74, 6) is -0.0419. The lowest BCUT2D eigenvalue weighted by Crippen LogP contribution is -2.61. The molecule has 1 aliphatic heterocycles. The van der Waals surface area contributed by atoms with Gasteiger partial charge in [0.15, 0.2) is 0 Å². The van der Waals surface area contributed by atoms with Crippen molar-refractivity contribution >= 4 is 5.91 Å². The molecule has 1 aliphatic rings. The molecule has 1 aromatic heterocycles. The number of nitrogens with zero attached hydrogens (tertiary/aromatic N) is 1. The fraction of sp³-hybridized carbons (Fsp3) is 0.556. The van der Waals surface area contributed by atoms with Crippen molar-refractivity contribution in [2.45, 2.75) is 51.2 Å². The largest absolute Gasteiger partial charge is 0.373 e. The molecule has 138 valence electrons. The summed E-state index contributed by atoms with van der Waals surface area (Å²) in [6.45, 7) is 9.34. The number of hydrogen-bond donors (Lipinski definition) is 5. The lowest BCUT2D eigenvalue weighted by atomic mass is 9.83. The molecule has 0 fully saturated rings. The Kier molecular flexibility index (Phi) is 6.02. The van der Waals surface area contributed by atoms with Crippen molar-refractivity contribution in [1.29, 1.82) is 0 Å². The van der Waals surface area contributed by atoms with E-state index in [0.717, 1.165) is 17.8 Å². The van der Waals surface area contributed by atoms with Crippen LogP contribution in [0.4, 0.5) is 0 Å². The maximum Gasteiger partial charge on any atom is 0.246 e. The smallest absolute Gasteiger partial charge is 0.246 e. The average Bonchev–Trinajstić information content (AvgIpc) is 3.05. The zero-order valence-electron chi connectivity index (χ0n) is 15.5. The highest BCUT2D eigenvalue weighted by atomic mass is 16.2. The molecule has 0 saturated carbocycles. The second-order valence-electron chi connectivity index (χ2n) is 7.52. The van der Waals surface area contributed by atoms with E-state index in [1.54, 1.807) is 12.5 Å². The van der Waals surface area contributed by atoms with Gasteiger partial charge in [-0.15, -0.1) is 0 Å². The van der Waals surface area contributed by atoms with Crippen LogP contribution in [0.2, 0.25) is 0 Å². The van der Waals surface area contributed by atoms with E-state index in [4.69, 9.17) is 5.73 Å². The number of carbonyl (C=O) groups excluding carboxylic acids is 1. The summed E-state index contributed by atoms with van der Waals surface area (Å²) in [6.07, 6.45) is 9.86. The summed E-state index contributed by atoms with van der Waals surface area (Å²) in [7, 11) is 0. The number of allylic oxidation sites excluding steroid dienone is 2. The van der Waals surface area contributed by atoms with Gasteiger partial charge in [0.1, 0.15) is 6.04 Å². The molecular weight excluding hydrogens is 316 g/mol. The van der Waals surface area contributed by atoms with Crippen LogP contribution in [0.3, 0.4) is 0 Å². The highest BCUT2D eigenvalue weighted by molar-refractivity contribution is 5.84. The first-order valence-corrected chi connectivity index (χ1v) is 8.62. The Balaban J connectivity index is 1.79. The molecule has 0 saturated heterocycles. The average molecular weight is 346 g/mol. The lowest BCUT2D eigenvalue weighted by molar-refractivity contribution is -0.121. The molecule has 1 unspecified atom stereocenters. The summed E-state index contributed by atoms with van der Waals surface area (Å²) in [5, 5.41) is 9.66. The number of nitrogens with two attached hydrogens (primary N) is 1. The van der Waals surface area contributed by atoms with Gasteiger partial charge in [-0.25, -0.2) is 4.98 Å². The molecule has 7 heteroatoms. The van der Waals surface area contributed by atoms with Gasteiger partial charge in [0.05, 0.1) is 6.33 Å². The molecule has 2 heterocycles. The van der Waals surface area contributed by atoms with E-state index in [1.165, 1.54) is 0 Å². The highest BCUT2D eigenvalue weighted by Gasteiger charge is 2.33. The Hall–Kier alpha value is -2.12. The van der Waals surface area contributed by atoms with Crippen molar-refractivity contribution < 1.29 is 4.79 Å². The molecule has 1 aromatic rings. The molecule has 0 radical (unpaired) electrons. The molecule has 0 spiro atoms. The third-order valence-corrected chi connectivity index (χ3v) is 4.80. The van der Waals surface area contributed by atoms with Gasteiger partial charge in [-0.3, -0.25) is 4.79 Å². The number of rotatable bonds is 8. The molecule has 6 N–H and O–H groups in total. The molecule has 1 atom stereocenters. The maximum atomic E-state index is 12.3. The summed E-state index contributed by atoms with van der Waals surface area (Å²) < 4.78 is 0. The standard InChI is InChI=1S/C18H30N6O/c1-17(2,19)18(3,4)23-11-14-6-5-7-15(24-14)16(25)21-9-8-13-10-20-12-22-13/h5-7,10,12,15,23-24H,8-9,11,19H2,1-4H3,(H,20,22)(H,21,25). The van der Waals surface area contributed by atoms with Crippen molar-refractivity contribution in [2.24, 2.45) is 5.73 Å². The van der Waals surface area contributed by atoms with E-state index in [9.17, 15) is 4.79 Å². The number of hydrogen-bond acceptors (Lipinski definition) is 5. The number of aromatic nitrogens is 2. The fourth-order valence-electron chi connectivity index (χ4n) is 2.24. The number of imidazole rings is 1. The van der Waals surface area contributed by atoms with Crippen LogP contribution in [0, 0.1) is 0 Å².